The van der Waals surface area contributed by atoms with Gasteiger partial charge in [0.15, 0.2) is 0 Å². The lowest BCUT2D eigenvalue weighted by Gasteiger charge is -2.33. The minimum atomic E-state index is -0.318. The first kappa shape index (κ1) is 16.7. The quantitative estimate of drug-likeness (QED) is 0.712. The zero-order valence-electron chi connectivity index (χ0n) is 12.7. The van der Waals surface area contributed by atoms with Crippen LogP contribution in [-0.4, -0.2) is 18.0 Å². The van der Waals surface area contributed by atoms with Crippen molar-refractivity contribution in [3.8, 4) is 0 Å². The van der Waals surface area contributed by atoms with E-state index in [2.05, 4.69) is 5.32 Å². The average molecular weight is 277 g/mol. The van der Waals surface area contributed by atoms with Crippen molar-refractivity contribution in [1.82, 2.24) is 5.32 Å². The third-order valence-electron chi connectivity index (χ3n) is 4.27. The van der Waals surface area contributed by atoms with Gasteiger partial charge in [-0.2, -0.15) is 0 Å². The van der Waals surface area contributed by atoms with E-state index < -0.39 is 0 Å². The fourth-order valence-electron chi connectivity index (χ4n) is 2.27. The van der Waals surface area contributed by atoms with Crippen molar-refractivity contribution < 1.29 is 4.79 Å². The Morgan fingerprint density at radius 1 is 1.25 bits per heavy atom. The largest absolute Gasteiger partial charge is 0.349 e. The van der Waals surface area contributed by atoms with E-state index in [0.717, 1.165) is 18.4 Å². The number of carbonyl (C=O) groups is 1. The van der Waals surface area contributed by atoms with Crippen molar-refractivity contribution in [2.24, 2.45) is 17.4 Å². The summed E-state index contributed by atoms with van der Waals surface area (Å²) in [4.78, 5) is 12.4. The molecule has 0 saturated heterocycles. The van der Waals surface area contributed by atoms with Crippen LogP contribution in [-0.2, 0) is 4.79 Å². The second-order valence-electron chi connectivity index (χ2n) is 5.41. The predicted octanol–water partition coefficient (Wildman–Crippen LogP) is 1.96. The van der Waals surface area contributed by atoms with Crippen molar-refractivity contribution in [1.29, 1.82) is 0 Å². The third-order valence-corrected chi connectivity index (χ3v) is 4.27. The van der Waals surface area contributed by atoms with E-state index in [0.29, 0.717) is 6.54 Å². The summed E-state index contributed by atoms with van der Waals surface area (Å²) < 4.78 is 0. The summed E-state index contributed by atoms with van der Waals surface area (Å²) in [6.45, 7) is 6.38. The summed E-state index contributed by atoms with van der Waals surface area (Å²) >= 11 is 0. The lowest BCUT2D eigenvalue weighted by atomic mass is 9.89. The molecule has 5 N–H and O–H groups in total. The Hall–Kier alpha value is -1.39. The van der Waals surface area contributed by atoms with Crippen LogP contribution in [0.25, 0.3) is 0 Å². The van der Waals surface area contributed by atoms with Gasteiger partial charge in [-0.3, -0.25) is 4.79 Å². The van der Waals surface area contributed by atoms with Crippen LogP contribution in [0.2, 0.25) is 0 Å². The fraction of sp³-hybridized carbons (Fsp3) is 0.562. The molecule has 1 aromatic rings. The molecule has 0 heterocycles. The second-order valence-corrected chi connectivity index (χ2v) is 5.41. The molecule has 0 aromatic heterocycles. The summed E-state index contributed by atoms with van der Waals surface area (Å²) in [7, 11) is 0. The van der Waals surface area contributed by atoms with E-state index in [-0.39, 0.29) is 23.4 Å². The highest BCUT2D eigenvalue weighted by Crippen LogP contribution is 2.21. The first-order valence-electron chi connectivity index (χ1n) is 7.32. The van der Waals surface area contributed by atoms with Crippen LogP contribution in [0.1, 0.15) is 45.2 Å². The number of benzene rings is 1. The highest BCUT2D eigenvalue weighted by molar-refractivity contribution is 5.80. The summed E-state index contributed by atoms with van der Waals surface area (Å²) in [5.41, 5.74) is 12.7. The number of rotatable bonds is 7. The predicted molar refractivity (Wildman–Crippen MR) is 83.0 cm³/mol. The smallest absolute Gasteiger partial charge is 0.225 e. The summed E-state index contributed by atoms with van der Waals surface area (Å²) in [5, 5.41) is 3.09. The molecule has 1 rings (SSSR count). The molecular formula is C16H27N3O. The zero-order valence-corrected chi connectivity index (χ0v) is 12.7. The van der Waals surface area contributed by atoms with Crippen LogP contribution >= 0.6 is 0 Å². The second kappa shape index (κ2) is 7.41. The van der Waals surface area contributed by atoms with Crippen molar-refractivity contribution in [3.05, 3.63) is 35.9 Å². The van der Waals surface area contributed by atoms with Gasteiger partial charge in [0.05, 0.1) is 11.5 Å². The van der Waals surface area contributed by atoms with E-state index >= 15 is 0 Å². The van der Waals surface area contributed by atoms with E-state index in [1.54, 1.807) is 0 Å². The maximum absolute atomic E-state index is 12.4. The van der Waals surface area contributed by atoms with Crippen LogP contribution in [0, 0.1) is 5.92 Å². The highest BCUT2D eigenvalue weighted by Gasteiger charge is 2.30. The highest BCUT2D eigenvalue weighted by atomic mass is 16.2. The number of nitrogens with one attached hydrogen (secondary N) is 1. The average Bonchev–Trinajstić information content (AvgIpc) is 2.52. The molecule has 0 radical (unpaired) electrons. The van der Waals surface area contributed by atoms with E-state index in [1.807, 2.05) is 51.1 Å². The van der Waals surface area contributed by atoms with Crippen LogP contribution in [0.3, 0.4) is 0 Å². The van der Waals surface area contributed by atoms with Crippen LogP contribution in [0.4, 0.5) is 0 Å². The molecule has 0 aliphatic rings. The number of amides is 1. The molecule has 0 saturated carbocycles. The molecule has 0 fully saturated rings. The van der Waals surface area contributed by atoms with Crippen LogP contribution < -0.4 is 16.8 Å². The van der Waals surface area contributed by atoms with Crippen molar-refractivity contribution in [2.75, 3.05) is 6.54 Å². The van der Waals surface area contributed by atoms with Gasteiger partial charge in [-0.1, -0.05) is 51.1 Å². The fourth-order valence-corrected chi connectivity index (χ4v) is 2.27. The summed E-state index contributed by atoms with van der Waals surface area (Å²) in [6, 6.07) is 9.40. The topological polar surface area (TPSA) is 81.1 Å². The van der Waals surface area contributed by atoms with Gasteiger partial charge in [-0.05, 0) is 18.4 Å². The minimum absolute atomic E-state index is 0.0319. The van der Waals surface area contributed by atoms with Crippen molar-refractivity contribution in [3.63, 3.8) is 0 Å². The Morgan fingerprint density at radius 3 is 2.25 bits per heavy atom. The normalized spacial score (nSPS) is 14.7. The first-order valence-corrected chi connectivity index (χ1v) is 7.32. The van der Waals surface area contributed by atoms with E-state index in [9.17, 15) is 4.79 Å². The Bertz CT molecular complexity index is 407. The number of hydrogen-bond donors (Lipinski definition) is 3. The Kier molecular flexibility index (Phi) is 6.17. The van der Waals surface area contributed by atoms with Gasteiger partial charge in [0, 0.05) is 12.6 Å². The maximum atomic E-state index is 12.4. The molecule has 4 nitrogen and oxygen atoms in total. The Labute approximate surface area is 121 Å². The third kappa shape index (κ3) is 3.81. The number of nitrogens with two attached hydrogens (primary N) is 2. The van der Waals surface area contributed by atoms with Crippen LogP contribution in [0.15, 0.2) is 30.3 Å². The van der Waals surface area contributed by atoms with Crippen LogP contribution in [0.5, 0.6) is 0 Å². The minimum Gasteiger partial charge on any atom is -0.349 e. The monoisotopic (exact) mass is 277 g/mol. The van der Waals surface area contributed by atoms with Gasteiger partial charge >= 0.3 is 0 Å². The number of hydrogen-bond acceptors (Lipinski definition) is 3. The van der Waals surface area contributed by atoms with Gasteiger partial charge in [0.1, 0.15) is 0 Å². The molecule has 0 bridgehead atoms. The molecule has 0 aliphatic carbocycles. The van der Waals surface area contributed by atoms with Crippen molar-refractivity contribution in [2.45, 2.75) is 45.2 Å². The van der Waals surface area contributed by atoms with Gasteiger partial charge in [-0.25, -0.2) is 0 Å². The molecule has 1 aromatic carbocycles. The molecule has 0 spiro atoms. The molecule has 4 heteroatoms. The van der Waals surface area contributed by atoms with Gasteiger partial charge in [0.25, 0.3) is 0 Å². The van der Waals surface area contributed by atoms with Gasteiger partial charge in [0.2, 0.25) is 5.91 Å². The molecule has 1 amide bonds. The lowest BCUT2D eigenvalue weighted by Crippen LogP contribution is -2.55. The Morgan fingerprint density at radius 2 is 1.80 bits per heavy atom. The molecule has 112 valence electrons. The SMILES string of the molecule is CCC(CC)(CN)NC(=O)C(C)C(N)c1ccccc1. The number of carbonyl (C=O) groups excluding carboxylic acids is 1. The standard InChI is InChI=1S/C16H27N3O/c1-4-16(5-2,11-17)19-15(20)12(3)14(18)13-9-7-6-8-10-13/h6-10,12,14H,4-5,11,17-18H2,1-3H3,(H,19,20). The molecule has 0 aliphatic heterocycles. The van der Waals surface area contributed by atoms with Gasteiger partial charge in [-0.15, -0.1) is 0 Å². The summed E-state index contributed by atoms with van der Waals surface area (Å²) in [5.74, 6) is -0.322. The molecular weight excluding hydrogens is 250 g/mol. The zero-order chi connectivity index (χ0) is 15.2. The molecule has 20 heavy (non-hydrogen) atoms. The van der Waals surface area contributed by atoms with E-state index in [4.69, 9.17) is 11.5 Å². The maximum Gasteiger partial charge on any atom is 0.225 e. The van der Waals surface area contributed by atoms with E-state index in [1.165, 1.54) is 0 Å². The molecule has 2 atom stereocenters. The summed E-state index contributed by atoms with van der Waals surface area (Å²) in [6.07, 6.45) is 1.64. The first-order chi connectivity index (χ1) is 9.49. The molecule has 2 unspecified atom stereocenters. The van der Waals surface area contributed by atoms with Gasteiger partial charge < -0.3 is 16.8 Å². The lowest BCUT2D eigenvalue weighted by molar-refractivity contribution is -0.127. The van der Waals surface area contributed by atoms with Crippen molar-refractivity contribution >= 4 is 5.91 Å². The Balaban J connectivity index is 2.76.